The SMILES string of the molecule is C[Si](C)(C)/C=C1/C=C(c2ccccc2)C(=O)C1. The first-order valence-electron chi connectivity index (χ1n) is 5.98. The summed E-state index contributed by atoms with van der Waals surface area (Å²) >= 11 is 0. The maximum Gasteiger partial charge on any atom is 0.167 e. The van der Waals surface area contributed by atoms with E-state index >= 15 is 0 Å². The number of benzene rings is 1. The molecule has 0 fully saturated rings. The van der Waals surface area contributed by atoms with Gasteiger partial charge in [0.25, 0.3) is 0 Å². The van der Waals surface area contributed by atoms with E-state index in [9.17, 15) is 4.79 Å². The first-order valence-corrected chi connectivity index (χ1v) is 9.55. The Bertz CT molecular complexity index is 489. The Kier molecular flexibility index (Phi) is 3.16. The molecule has 0 saturated carbocycles. The molecule has 2 rings (SSSR count). The molecule has 0 saturated heterocycles. The van der Waals surface area contributed by atoms with Crippen molar-refractivity contribution in [1.82, 2.24) is 0 Å². The lowest BCUT2D eigenvalue weighted by Crippen LogP contribution is -2.16. The van der Waals surface area contributed by atoms with Gasteiger partial charge in [0.15, 0.2) is 5.78 Å². The van der Waals surface area contributed by atoms with Crippen LogP contribution in [0.1, 0.15) is 12.0 Å². The van der Waals surface area contributed by atoms with Gasteiger partial charge in [-0.25, -0.2) is 0 Å². The topological polar surface area (TPSA) is 17.1 Å². The zero-order valence-electron chi connectivity index (χ0n) is 10.7. The molecule has 88 valence electrons. The lowest BCUT2D eigenvalue weighted by molar-refractivity contribution is -0.112. The van der Waals surface area contributed by atoms with Gasteiger partial charge in [-0.2, -0.15) is 0 Å². The zero-order valence-corrected chi connectivity index (χ0v) is 11.7. The van der Waals surface area contributed by atoms with E-state index in [1.54, 1.807) is 0 Å². The number of ketones is 1. The van der Waals surface area contributed by atoms with Gasteiger partial charge in [0.05, 0.1) is 8.07 Å². The van der Waals surface area contributed by atoms with Crippen molar-refractivity contribution in [2.24, 2.45) is 0 Å². The van der Waals surface area contributed by atoms with Crippen LogP contribution in [0.15, 0.2) is 47.7 Å². The highest BCUT2D eigenvalue weighted by atomic mass is 28.3. The van der Waals surface area contributed by atoms with Crippen LogP contribution in [0.25, 0.3) is 5.57 Å². The van der Waals surface area contributed by atoms with Crippen molar-refractivity contribution in [3.8, 4) is 0 Å². The van der Waals surface area contributed by atoms with Crippen molar-refractivity contribution in [1.29, 1.82) is 0 Å². The fraction of sp³-hybridized carbons (Fsp3) is 0.267. The number of carbonyl (C=O) groups excluding carboxylic acids is 1. The Labute approximate surface area is 104 Å². The van der Waals surface area contributed by atoms with Crippen LogP contribution in [-0.4, -0.2) is 13.9 Å². The van der Waals surface area contributed by atoms with Crippen molar-refractivity contribution in [2.75, 3.05) is 0 Å². The van der Waals surface area contributed by atoms with Gasteiger partial charge in [-0.1, -0.05) is 55.7 Å². The number of hydrogen-bond acceptors (Lipinski definition) is 1. The van der Waals surface area contributed by atoms with E-state index in [0.29, 0.717) is 6.42 Å². The molecular formula is C15H18OSi. The van der Waals surface area contributed by atoms with Gasteiger partial charge in [0.1, 0.15) is 0 Å². The first-order chi connectivity index (χ1) is 7.96. The molecule has 1 aromatic rings. The molecule has 0 N–H and O–H groups in total. The summed E-state index contributed by atoms with van der Waals surface area (Å²) in [6, 6.07) is 9.93. The predicted octanol–water partition coefficient (Wildman–Crippen LogP) is 3.85. The fourth-order valence-electron chi connectivity index (χ4n) is 2.11. The number of hydrogen-bond donors (Lipinski definition) is 0. The second-order valence-corrected chi connectivity index (χ2v) is 10.6. The van der Waals surface area contributed by atoms with Crippen LogP contribution < -0.4 is 0 Å². The molecule has 0 spiro atoms. The second kappa shape index (κ2) is 4.45. The minimum Gasteiger partial charge on any atom is -0.294 e. The summed E-state index contributed by atoms with van der Waals surface area (Å²) in [6.07, 6.45) is 2.64. The third kappa shape index (κ3) is 3.04. The van der Waals surface area contributed by atoms with Crippen LogP contribution in [0.4, 0.5) is 0 Å². The normalized spacial score (nSPS) is 18.6. The summed E-state index contributed by atoms with van der Waals surface area (Å²) in [5, 5.41) is 0. The summed E-state index contributed by atoms with van der Waals surface area (Å²) in [4.78, 5) is 12.0. The van der Waals surface area contributed by atoms with Gasteiger partial charge >= 0.3 is 0 Å². The highest BCUT2D eigenvalue weighted by Gasteiger charge is 2.22. The van der Waals surface area contributed by atoms with E-state index in [0.717, 1.165) is 11.1 Å². The summed E-state index contributed by atoms with van der Waals surface area (Å²) in [5.74, 6) is 0.251. The highest BCUT2D eigenvalue weighted by Crippen LogP contribution is 2.29. The largest absolute Gasteiger partial charge is 0.294 e. The third-order valence-corrected chi connectivity index (χ3v) is 3.93. The molecule has 1 aliphatic rings. The van der Waals surface area contributed by atoms with Gasteiger partial charge < -0.3 is 0 Å². The van der Waals surface area contributed by atoms with Gasteiger partial charge in [-0.15, -0.1) is 0 Å². The Balaban J connectivity index is 2.34. The molecule has 17 heavy (non-hydrogen) atoms. The maximum absolute atomic E-state index is 12.0. The Morgan fingerprint density at radius 2 is 1.76 bits per heavy atom. The summed E-state index contributed by atoms with van der Waals surface area (Å²) < 4.78 is 0. The van der Waals surface area contributed by atoms with E-state index in [2.05, 4.69) is 31.4 Å². The second-order valence-electron chi connectivity index (χ2n) is 5.61. The van der Waals surface area contributed by atoms with Gasteiger partial charge in [0.2, 0.25) is 0 Å². The van der Waals surface area contributed by atoms with Crippen molar-refractivity contribution in [2.45, 2.75) is 26.1 Å². The third-order valence-electron chi connectivity index (χ3n) is 2.70. The molecular weight excluding hydrogens is 224 g/mol. The van der Waals surface area contributed by atoms with E-state index in [1.165, 1.54) is 5.57 Å². The first kappa shape index (κ1) is 12.1. The van der Waals surface area contributed by atoms with E-state index in [-0.39, 0.29) is 5.78 Å². The van der Waals surface area contributed by atoms with Crippen molar-refractivity contribution < 1.29 is 4.79 Å². The van der Waals surface area contributed by atoms with E-state index in [4.69, 9.17) is 0 Å². The monoisotopic (exact) mass is 242 g/mol. The lowest BCUT2D eigenvalue weighted by atomic mass is 10.1. The maximum atomic E-state index is 12.0. The molecule has 1 nitrogen and oxygen atoms in total. The van der Waals surface area contributed by atoms with Crippen LogP contribution in [0.5, 0.6) is 0 Å². The Morgan fingerprint density at radius 3 is 2.35 bits per heavy atom. The van der Waals surface area contributed by atoms with Gasteiger partial charge in [0, 0.05) is 12.0 Å². The summed E-state index contributed by atoms with van der Waals surface area (Å²) in [7, 11) is -1.24. The molecule has 0 heterocycles. The molecule has 0 bridgehead atoms. The molecule has 0 atom stereocenters. The Morgan fingerprint density at radius 1 is 1.12 bits per heavy atom. The molecule has 0 radical (unpaired) electrons. The van der Waals surface area contributed by atoms with Crippen LogP contribution in [0.3, 0.4) is 0 Å². The smallest absolute Gasteiger partial charge is 0.167 e. The quantitative estimate of drug-likeness (QED) is 0.720. The molecule has 1 aromatic carbocycles. The molecule has 0 aliphatic heterocycles. The van der Waals surface area contributed by atoms with Gasteiger partial charge in [-0.05, 0) is 17.2 Å². The van der Waals surface area contributed by atoms with Crippen LogP contribution in [0, 0.1) is 0 Å². The summed E-state index contributed by atoms with van der Waals surface area (Å²) in [5.41, 5.74) is 5.43. The summed E-state index contributed by atoms with van der Waals surface area (Å²) in [6.45, 7) is 6.87. The minimum atomic E-state index is -1.24. The molecule has 2 heteroatoms. The minimum absolute atomic E-state index is 0.251. The van der Waals surface area contributed by atoms with Gasteiger partial charge in [-0.3, -0.25) is 4.79 Å². The Hall–Kier alpha value is -1.41. The molecule has 0 unspecified atom stereocenters. The average Bonchev–Trinajstić information content (AvgIpc) is 2.58. The van der Waals surface area contributed by atoms with Crippen LogP contribution in [-0.2, 0) is 4.79 Å². The average molecular weight is 242 g/mol. The lowest BCUT2D eigenvalue weighted by Gasteiger charge is -2.09. The van der Waals surface area contributed by atoms with Crippen molar-refractivity contribution in [3.63, 3.8) is 0 Å². The van der Waals surface area contributed by atoms with E-state index < -0.39 is 8.07 Å². The number of allylic oxidation sites excluding steroid dienone is 3. The van der Waals surface area contributed by atoms with Crippen LogP contribution >= 0.6 is 0 Å². The zero-order chi connectivity index (χ0) is 12.5. The molecule has 0 amide bonds. The number of carbonyl (C=O) groups is 1. The number of Topliss-reactive ketones (excluding diaryl/α,β-unsaturated/α-hetero) is 1. The van der Waals surface area contributed by atoms with Crippen molar-refractivity contribution in [3.05, 3.63) is 53.2 Å². The number of rotatable bonds is 2. The van der Waals surface area contributed by atoms with E-state index in [1.807, 2.05) is 30.3 Å². The fourth-order valence-corrected chi connectivity index (χ4v) is 3.41. The molecule has 0 aromatic heterocycles. The van der Waals surface area contributed by atoms with Crippen molar-refractivity contribution >= 4 is 19.4 Å². The highest BCUT2D eigenvalue weighted by molar-refractivity contribution is 6.81. The van der Waals surface area contributed by atoms with Crippen LogP contribution in [0.2, 0.25) is 19.6 Å². The molecule has 1 aliphatic carbocycles. The standard InChI is InChI=1S/C15H18OSi/c1-17(2,3)11-12-9-14(15(16)10-12)13-7-5-4-6-8-13/h4-9,11H,10H2,1-3H3/b12-11-. The predicted molar refractivity (Wildman–Crippen MR) is 75.5 cm³/mol.